The van der Waals surface area contributed by atoms with Gasteiger partial charge in [0.15, 0.2) is 0 Å². The van der Waals surface area contributed by atoms with Crippen LogP contribution < -0.4 is 5.43 Å². The maximum Gasteiger partial charge on any atom is 0.272 e. The minimum absolute atomic E-state index is 0.323. The van der Waals surface area contributed by atoms with Crippen molar-refractivity contribution >= 4 is 34.8 Å². The number of hydrogen-bond donors (Lipinski definition) is 1. The zero-order valence-corrected chi connectivity index (χ0v) is 12.7. The zero-order chi connectivity index (χ0) is 14.3. The highest BCUT2D eigenvalue weighted by atomic mass is 35.5. The van der Waals surface area contributed by atoms with Crippen molar-refractivity contribution in [2.75, 3.05) is 0 Å². The normalized spacial score (nSPS) is 11.5. The average Bonchev–Trinajstić information content (AvgIpc) is 2.36. The first-order chi connectivity index (χ1) is 9.04. The van der Waals surface area contributed by atoms with Gasteiger partial charge in [-0.25, -0.2) is 5.43 Å². The molecule has 5 heteroatoms. The smallest absolute Gasteiger partial charge is 0.267 e. The number of benzene rings is 1. The van der Waals surface area contributed by atoms with Crippen molar-refractivity contribution in [2.24, 2.45) is 5.10 Å². The lowest BCUT2D eigenvalue weighted by Crippen LogP contribution is -2.19. The second-order valence-corrected chi connectivity index (χ2v) is 5.21. The number of hydrazone groups is 1. The van der Waals surface area contributed by atoms with E-state index in [1.165, 1.54) is 18.9 Å². The van der Waals surface area contributed by atoms with Gasteiger partial charge in [-0.05, 0) is 38.0 Å². The van der Waals surface area contributed by atoms with Crippen LogP contribution in [0.4, 0.5) is 0 Å². The Hall–Kier alpha value is -1.06. The van der Waals surface area contributed by atoms with Gasteiger partial charge in [0.2, 0.25) is 0 Å². The first-order valence-electron chi connectivity index (χ1n) is 6.33. The van der Waals surface area contributed by atoms with E-state index >= 15 is 0 Å². The van der Waals surface area contributed by atoms with Crippen LogP contribution in [0.3, 0.4) is 0 Å². The summed E-state index contributed by atoms with van der Waals surface area (Å²) in [5.41, 5.74) is 3.79. The second kappa shape index (κ2) is 8.18. The lowest BCUT2D eigenvalue weighted by Gasteiger charge is -2.04. The average molecular weight is 301 g/mol. The Morgan fingerprint density at radius 2 is 2.05 bits per heavy atom. The van der Waals surface area contributed by atoms with Gasteiger partial charge >= 0.3 is 0 Å². The summed E-state index contributed by atoms with van der Waals surface area (Å²) in [5, 5.41) is 4.89. The van der Waals surface area contributed by atoms with Gasteiger partial charge < -0.3 is 0 Å². The van der Waals surface area contributed by atoms with Crippen LogP contribution in [0.25, 0.3) is 0 Å². The SMILES string of the molecule is CCCCC/C(C)=N/NC(=O)c1ccc(Cl)cc1Cl. The minimum Gasteiger partial charge on any atom is -0.267 e. The number of hydrogen-bond acceptors (Lipinski definition) is 2. The van der Waals surface area contributed by atoms with Crippen LogP contribution in [0, 0.1) is 0 Å². The van der Waals surface area contributed by atoms with Gasteiger partial charge in [-0.1, -0.05) is 43.0 Å². The van der Waals surface area contributed by atoms with Crippen LogP contribution >= 0.6 is 23.2 Å². The molecule has 0 atom stereocenters. The lowest BCUT2D eigenvalue weighted by molar-refractivity contribution is 0.0955. The van der Waals surface area contributed by atoms with Crippen LogP contribution in [0.5, 0.6) is 0 Å². The van der Waals surface area contributed by atoms with Crippen molar-refractivity contribution in [3.8, 4) is 0 Å². The Bertz CT molecular complexity index is 473. The number of unbranched alkanes of at least 4 members (excludes halogenated alkanes) is 2. The highest BCUT2D eigenvalue weighted by Gasteiger charge is 2.09. The molecular formula is C14H18Cl2N2O. The van der Waals surface area contributed by atoms with Gasteiger partial charge in [-0.15, -0.1) is 0 Å². The Morgan fingerprint density at radius 1 is 1.32 bits per heavy atom. The molecule has 0 saturated carbocycles. The third-order valence-corrected chi connectivity index (χ3v) is 3.21. The maximum atomic E-state index is 11.9. The van der Waals surface area contributed by atoms with Crippen molar-refractivity contribution < 1.29 is 4.79 Å². The van der Waals surface area contributed by atoms with Crippen molar-refractivity contribution in [1.29, 1.82) is 0 Å². The van der Waals surface area contributed by atoms with E-state index < -0.39 is 0 Å². The van der Waals surface area contributed by atoms with Gasteiger partial charge in [0, 0.05) is 10.7 Å². The molecule has 19 heavy (non-hydrogen) atoms. The van der Waals surface area contributed by atoms with Gasteiger partial charge in [-0.2, -0.15) is 5.10 Å². The number of nitrogens with zero attached hydrogens (tertiary/aromatic N) is 1. The lowest BCUT2D eigenvalue weighted by atomic mass is 10.1. The fourth-order valence-corrected chi connectivity index (χ4v) is 2.06. The molecule has 1 aromatic rings. The van der Waals surface area contributed by atoms with E-state index in [1.54, 1.807) is 12.1 Å². The molecule has 0 fully saturated rings. The molecule has 1 rings (SSSR count). The molecular weight excluding hydrogens is 283 g/mol. The number of amides is 1. The first kappa shape index (κ1) is 16.0. The number of halogens is 2. The number of carbonyl (C=O) groups excluding carboxylic acids is 1. The molecule has 0 heterocycles. The molecule has 104 valence electrons. The predicted molar refractivity (Wildman–Crippen MR) is 81.2 cm³/mol. The summed E-state index contributed by atoms with van der Waals surface area (Å²) in [4.78, 5) is 11.9. The second-order valence-electron chi connectivity index (χ2n) is 4.37. The molecule has 0 aliphatic carbocycles. The highest BCUT2D eigenvalue weighted by molar-refractivity contribution is 6.36. The zero-order valence-electron chi connectivity index (χ0n) is 11.2. The monoisotopic (exact) mass is 300 g/mol. The van der Waals surface area contributed by atoms with Gasteiger partial charge in [-0.3, -0.25) is 4.79 Å². The maximum absolute atomic E-state index is 11.9. The van der Waals surface area contributed by atoms with E-state index in [4.69, 9.17) is 23.2 Å². The van der Waals surface area contributed by atoms with Crippen LogP contribution in [0.1, 0.15) is 49.9 Å². The van der Waals surface area contributed by atoms with E-state index in [0.29, 0.717) is 15.6 Å². The fraction of sp³-hybridized carbons (Fsp3) is 0.429. The number of carbonyl (C=O) groups is 1. The summed E-state index contributed by atoms with van der Waals surface area (Å²) in [6.45, 7) is 4.05. The summed E-state index contributed by atoms with van der Waals surface area (Å²) in [5.74, 6) is -0.323. The summed E-state index contributed by atoms with van der Waals surface area (Å²) in [6.07, 6.45) is 4.32. The number of rotatable bonds is 6. The molecule has 0 spiro atoms. The molecule has 0 radical (unpaired) electrons. The predicted octanol–water partition coefficient (Wildman–Crippen LogP) is 4.68. The van der Waals surface area contributed by atoms with Gasteiger partial charge in [0.1, 0.15) is 0 Å². The Kier molecular flexibility index (Phi) is 6.89. The van der Waals surface area contributed by atoms with E-state index in [2.05, 4.69) is 17.5 Å². The molecule has 1 aromatic carbocycles. The van der Waals surface area contributed by atoms with E-state index in [-0.39, 0.29) is 5.91 Å². The Balaban J connectivity index is 2.57. The first-order valence-corrected chi connectivity index (χ1v) is 7.08. The quantitative estimate of drug-likeness (QED) is 0.462. The number of nitrogens with one attached hydrogen (secondary N) is 1. The largest absolute Gasteiger partial charge is 0.272 e. The molecule has 0 unspecified atom stereocenters. The third-order valence-electron chi connectivity index (χ3n) is 2.67. The molecule has 0 saturated heterocycles. The third kappa shape index (κ3) is 5.62. The summed E-state index contributed by atoms with van der Waals surface area (Å²) in [6, 6.07) is 4.75. The molecule has 1 N–H and O–H groups in total. The standard InChI is InChI=1S/C14H18Cl2N2O/c1-3-4-5-6-10(2)17-18-14(19)12-8-7-11(15)9-13(12)16/h7-9H,3-6H2,1-2H3,(H,18,19)/b17-10+. The van der Waals surface area contributed by atoms with Crippen molar-refractivity contribution in [3.63, 3.8) is 0 Å². The van der Waals surface area contributed by atoms with Crippen LogP contribution in [0.15, 0.2) is 23.3 Å². The van der Waals surface area contributed by atoms with Gasteiger partial charge in [0.25, 0.3) is 5.91 Å². The topological polar surface area (TPSA) is 41.5 Å². The fourth-order valence-electron chi connectivity index (χ4n) is 1.57. The molecule has 3 nitrogen and oxygen atoms in total. The van der Waals surface area contributed by atoms with E-state index in [0.717, 1.165) is 18.6 Å². The summed E-state index contributed by atoms with van der Waals surface area (Å²) < 4.78 is 0. The molecule has 0 aromatic heterocycles. The highest BCUT2D eigenvalue weighted by Crippen LogP contribution is 2.20. The summed E-state index contributed by atoms with van der Waals surface area (Å²) >= 11 is 11.7. The molecule has 1 amide bonds. The summed E-state index contributed by atoms with van der Waals surface area (Å²) in [7, 11) is 0. The van der Waals surface area contributed by atoms with Gasteiger partial charge in [0.05, 0.1) is 10.6 Å². The van der Waals surface area contributed by atoms with Crippen molar-refractivity contribution in [2.45, 2.75) is 39.5 Å². The van der Waals surface area contributed by atoms with Crippen LogP contribution in [0.2, 0.25) is 10.0 Å². The van der Waals surface area contributed by atoms with Crippen LogP contribution in [-0.4, -0.2) is 11.6 Å². The van der Waals surface area contributed by atoms with Crippen molar-refractivity contribution in [1.82, 2.24) is 5.43 Å². The van der Waals surface area contributed by atoms with Crippen LogP contribution in [-0.2, 0) is 0 Å². The molecule has 0 bridgehead atoms. The van der Waals surface area contributed by atoms with E-state index in [9.17, 15) is 4.79 Å². The van der Waals surface area contributed by atoms with E-state index in [1.807, 2.05) is 6.92 Å². The minimum atomic E-state index is -0.323. The van der Waals surface area contributed by atoms with Crippen molar-refractivity contribution in [3.05, 3.63) is 33.8 Å². The molecule has 0 aliphatic heterocycles. The molecule has 0 aliphatic rings. The Labute approximate surface area is 124 Å². The Morgan fingerprint density at radius 3 is 2.68 bits per heavy atom.